The molecule has 2 aliphatic carbocycles. The Labute approximate surface area is 299 Å². The van der Waals surface area contributed by atoms with Crippen molar-refractivity contribution >= 4 is 69.2 Å². The number of rotatable bonds is 5. The minimum absolute atomic E-state index is 0.294. The van der Waals surface area contributed by atoms with Crippen LogP contribution in [0.5, 0.6) is 0 Å². The number of hydrogen-bond donors (Lipinski definition) is 0. The number of amides is 2. The summed E-state index contributed by atoms with van der Waals surface area (Å²) >= 11 is 18.7. The highest BCUT2D eigenvalue weighted by atomic mass is 35.5. The van der Waals surface area contributed by atoms with E-state index in [4.69, 9.17) is 34.8 Å². The zero-order valence-electron chi connectivity index (χ0n) is 25.7. The van der Waals surface area contributed by atoms with Gasteiger partial charge in [0, 0.05) is 10.0 Å². The number of benzene rings is 5. The largest absolute Gasteiger partial charge is 0.417 e. The van der Waals surface area contributed by atoms with Crippen LogP contribution in [0.15, 0.2) is 127 Å². The van der Waals surface area contributed by atoms with Gasteiger partial charge in [-0.25, -0.2) is 4.90 Å². The van der Waals surface area contributed by atoms with Crippen molar-refractivity contribution in [3.63, 3.8) is 0 Å². The predicted molar refractivity (Wildman–Crippen MR) is 187 cm³/mol. The van der Waals surface area contributed by atoms with Crippen LogP contribution in [0.1, 0.15) is 27.8 Å². The molecule has 1 heterocycles. The van der Waals surface area contributed by atoms with Gasteiger partial charge in [0.2, 0.25) is 11.8 Å². The van der Waals surface area contributed by atoms with Crippen molar-refractivity contribution in [3.8, 4) is 0 Å². The Morgan fingerprint density at radius 3 is 1.38 bits per heavy atom. The fourth-order valence-corrected chi connectivity index (χ4v) is 8.96. The SMILES string of the molecule is O=C1C2C(C(=O)N1c1ccc(Cl)c(C(F)(F)F)c1)C1(c3ccc(Cl)cc3)C(=O)C2(c2ccc(Cl)cc2)C(c2ccccc2)=C1c1ccccc1. The lowest BCUT2D eigenvalue weighted by Crippen LogP contribution is -2.45. The lowest BCUT2D eigenvalue weighted by Gasteiger charge is -2.39. The third kappa shape index (κ3) is 4.30. The predicted octanol–water partition coefficient (Wildman–Crippen LogP) is 9.85. The van der Waals surface area contributed by atoms with Crippen LogP contribution in [0.25, 0.3) is 11.1 Å². The molecule has 4 unspecified atom stereocenters. The average molecular weight is 729 g/mol. The second-order valence-corrected chi connectivity index (χ2v) is 13.9. The van der Waals surface area contributed by atoms with Crippen LogP contribution in [0.4, 0.5) is 18.9 Å². The Hall–Kier alpha value is -4.69. The third-order valence-electron chi connectivity index (χ3n) is 10.2. The fraction of sp³-hybridized carbons (Fsp3) is 0.125. The molecule has 2 amide bonds. The number of alkyl halides is 3. The maximum atomic E-state index is 15.9. The molecule has 4 nitrogen and oxygen atoms in total. The number of nitrogens with zero attached hydrogens (tertiary/aromatic N) is 1. The molecule has 1 saturated heterocycles. The van der Waals surface area contributed by atoms with E-state index in [1.807, 2.05) is 60.7 Å². The van der Waals surface area contributed by atoms with Crippen molar-refractivity contribution < 1.29 is 27.6 Å². The second kappa shape index (κ2) is 11.4. The standard InChI is InChI=1S/C40H23Cl3F3NO3/c41-26-15-11-24(12-16-26)38-31(22-7-3-1-4-8-22)32(23-9-5-2-6-10-23)39(37(38)50,25-13-17-27(42)18-14-25)34-33(38)35(48)47(36(34)49)28-19-20-30(43)29(21-28)40(44,45)46/h1-21,33-34H. The normalized spacial score (nSPS) is 24.4. The molecule has 248 valence electrons. The molecule has 5 aromatic rings. The number of halogens is 6. The van der Waals surface area contributed by atoms with Gasteiger partial charge in [-0.2, -0.15) is 13.2 Å². The number of fused-ring (bicyclic) bond motifs is 5. The molecule has 50 heavy (non-hydrogen) atoms. The van der Waals surface area contributed by atoms with Crippen LogP contribution in [-0.4, -0.2) is 17.6 Å². The molecule has 0 N–H and O–H groups in total. The molecule has 2 bridgehead atoms. The number of carbonyl (C=O) groups excluding carboxylic acids is 3. The first kappa shape index (κ1) is 32.5. The monoisotopic (exact) mass is 727 g/mol. The Bertz CT molecular complexity index is 2130. The van der Waals surface area contributed by atoms with Crippen LogP contribution in [0.2, 0.25) is 15.1 Å². The Kier molecular flexibility index (Phi) is 7.43. The highest BCUT2D eigenvalue weighted by molar-refractivity contribution is 6.39. The van der Waals surface area contributed by atoms with Gasteiger partial charge in [-0.05, 0) is 75.9 Å². The molecule has 1 aliphatic heterocycles. The topological polar surface area (TPSA) is 54.5 Å². The zero-order chi connectivity index (χ0) is 35.2. The highest BCUT2D eigenvalue weighted by Crippen LogP contribution is 2.74. The molecule has 5 aromatic carbocycles. The van der Waals surface area contributed by atoms with Gasteiger partial charge in [0.1, 0.15) is 0 Å². The molecule has 8 rings (SSSR count). The minimum Gasteiger partial charge on any atom is -0.297 e. The molecule has 4 atom stereocenters. The number of hydrogen-bond acceptors (Lipinski definition) is 3. The van der Waals surface area contributed by atoms with Gasteiger partial charge in [-0.1, -0.05) is 120 Å². The third-order valence-corrected chi connectivity index (χ3v) is 11.1. The van der Waals surface area contributed by atoms with Crippen LogP contribution in [0, 0.1) is 11.8 Å². The molecular weight excluding hydrogens is 706 g/mol. The summed E-state index contributed by atoms with van der Waals surface area (Å²) in [7, 11) is 0. The summed E-state index contributed by atoms with van der Waals surface area (Å²) in [6.07, 6.45) is -4.86. The second-order valence-electron chi connectivity index (χ2n) is 12.6. The first-order chi connectivity index (χ1) is 23.9. The lowest BCUT2D eigenvalue weighted by molar-refractivity contribution is -0.137. The summed E-state index contributed by atoms with van der Waals surface area (Å²) in [4.78, 5) is 46.8. The Morgan fingerprint density at radius 2 is 0.980 bits per heavy atom. The van der Waals surface area contributed by atoms with Crippen molar-refractivity contribution in [3.05, 3.63) is 170 Å². The van der Waals surface area contributed by atoms with Crippen molar-refractivity contribution in [1.82, 2.24) is 0 Å². The summed E-state index contributed by atoms with van der Waals surface area (Å²) in [5.74, 6) is -4.67. The number of Topliss-reactive ketones (excluding diaryl/α,β-unsaturated/α-hetero) is 1. The van der Waals surface area contributed by atoms with Crippen molar-refractivity contribution in [2.75, 3.05) is 4.90 Å². The summed E-state index contributed by atoms with van der Waals surface area (Å²) in [6.45, 7) is 0. The van der Waals surface area contributed by atoms with Crippen LogP contribution >= 0.6 is 34.8 Å². The molecule has 0 radical (unpaired) electrons. The summed E-state index contributed by atoms with van der Waals surface area (Å²) in [5.41, 5.74) is -1.80. The number of imide groups is 1. The van der Waals surface area contributed by atoms with E-state index in [1.54, 1.807) is 48.5 Å². The molecule has 3 aliphatic rings. The molecule has 0 spiro atoms. The van der Waals surface area contributed by atoms with Crippen LogP contribution in [0.3, 0.4) is 0 Å². The van der Waals surface area contributed by atoms with Crippen LogP contribution < -0.4 is 4.90 Å². The summed E-state index contributed by atoms with van der Waals surface area (Å²) < 4.78 is 42.3. The van der Waals surface area contributed by atoms with Crippen molar-refractivity contribution in [2.24, 2.45) is 11.8 Å². The van der Waals surface area contributed by atoms with Gasteiger partial charge >= 0.3 is 6.18 Å². The molecule has 0 aromatic heterocycles. The van der Waals surface area contributed by atoms with E-state index in [1.165, 1.54) is 6.07 Å². The maximum Gasteiger partial charge on any atom is 0.417 e. The van der Waals surface area contributed by atoms with Crippen LogP contribution in [-0.2, 0) is 31.4 Å². The van der Waals surface area contributed by atoms with E-state index in [0.717, 1.165) is 11.0 Å². The lowest BCUT2D eigenvalue weighted by atomic mass is 9.59. The fourth-order valence-electron chi connectivity index (χ4n) is 8.48. The maximum absolute atomic E-state index is 15.9. The van der Waals surface area contributed by atoms with E-state index in [0.29, 0.717) is 49.5 Å². The summed E-state index contributed by atoms with van der Waals surface area (Å²) in [5, 5.41) is 0.198. The Balaban J connectivity index is 1.52. The van der Waals surface area contributed by atoms with Gasteiger partial charge in [-0.15, -0.1) is 0 Å². The van der Waals surface area contributed by atoms with E-state index < -0.39 is 57.0 Å². The van der Waals surface area contributed by atoms with Gasteiger partial charge in [0.05, 0.1) is 38.9 Å². The number of ketones is 1. The number of carbonyl (C=O) groups is 3. The average Bonchev–Trinajstić information content (AvgIpc) is 3.61. The van der Waals surface area contributed by atoms with Gasteiger partial charge in [0.15, 0.2) is 5.78 Å². The van der Waals surface area contributed by atoms with E-state index in [2.05, 4.69) is 0 Å². The van der Waals surface area contributed by atoms with Crippen molar-refractivity contribution in [2.45, 2.75) is 17.0 Å². The smallest absolute Gasteiger partial charge is 0.297 e. The number of allylic oxidation sites excluding steroid dienone is 2. The van der Waals surface area contributed by atoms with Gasteiger partial charge in [0.25, 0.3) is 0 Å². The first-order valence-corrected chi connectivity index (χ1v) is 16.7. The van der Waals surface area contributed by atoms with Crippen molar-refractivity contribution in [1.29, 1.82) is 0 Å². The van der Waals surface area contributed by atoms with E-state index in [-0.39, 0.29) is 5.69 Å². The van der Waals surface area contributed by atoms with Gasteiger partial charge < -0.3 is 0 Å². The summed E-state index contributed by atoms with van der Waals surface area (Å²) in [6, 6.07) is 34.5. The minimum atomic E-state index is -4.86. The molecule has 2 fully saturated rings. The first-order valence-electron chi connectivity index (χ1n) is 15.6. The van der Waals surface area contributed by atoms with Gasteiger partial charge in [-0.3, -0.25) is 14.4 Å². The highest BCUT2D eigenvalue weighted by Gasteiger charge is 2.82. The molecule has 10 heteroatoms. The molecular formula is C40H23Cl3F3NO3. The quantitative estimate of drug-likeness (QED) is 0.169. The Morgan fingerprint density at radius 1 is 0.560 bits per heavy atom. The van der Waals surface area contributed by atoms with E-state index in [9.17, 15) is 13.2 Å². The zero-order valence-corrected chi connectivity index (χ0v) is 28.0. The van der Waals surface area contributed by atoms with E-state index >= 15 is 14.4 Å². The molecule has 1 saturated carbocycles. The number of anilines is 1.